The van der Waals surface area contributed by atoms with E-state index in [4.69, 9.17) is 4.74 Å². The topological polar surface area (TPSA) is 55.4 Å². The van der Waals surface area contributed by atoms with Gasteiger partial charge in [0.05, 0.1) is 12.2 Å². The van der Waals surface area contributed by atoms with Crippen LogP contribution in [-0.2, 0) is 9.53 Å². The van der Waals surface area contributed by atoms with Crippen LogP contribution in [0.15, 0.2) is 24.3 Å². The van der Waals surface area contributed by atoms with E-state index >= 15 is 0 Å². The Morgan fingerprint density at radius 1 is 1.37 bits per heavy atom. The van der Waals surface area contributed by atoms with Gasteiger partial charge in [-0.2, -0.15) is 0 Å². The molecule has 1 saturated carbocycles. The number of unbranched alkanes of at least 4 members (excludes halogenated alkanes) is 1. The van der Waals surface area contributed by atoms with Gasteiger partial charge in [-0.3, -0.25) is 4.79 Å². The Morgan fingerprint density at radius 3 is 2.84 bits per heavy atom. The van der Waals surface area contributed by atoms with Crippen LogP contribution in [0.4, 0.5) is 5.69 Å². The molecule has 0 aliphatic heterocycles. The fraction of sp³-hybridized carbons (Fsp3) is 0.467. The van der Waals surface area contributed by atoms with Crippen molar-refractivity contribution in [1.29, 1.82) is 0 Å². The van der Waals surface area contributed by atoms with Crippen LogP contribution < -0.4 is 5.32 Å². The molecule has 1 N–H and O–H groups in total. The monoisotopic (exact) mass is 261 g/mol. The summed E-state index contributed by atoms with van der Waals surface area (Å²) in [4.78, 5) is 23.4. The van der Waals surface area contributed by atoms with E-state index in [9.17, 15) is 9.59 Å². The molecule has 1 aliphatic rings. The molecule has 0 bridgehead atoms. The van der Waals surface area contributed by atoms with E-state index in [-0.39, 0.29) is 17.8 Å². The lowest BCUT2D eigenvalue weighted by Gasteiger charge is -2.07. The number of nitrogens with one attached hydrogen (secondary N) is 1. The second-order valence-corrected chi connectivity index (χ2v) is 4.83. The first-order chi connectivity index (χ1) is 9.20. The zero-order valence-corrected chi connectivity index (χ0v) is 11.1. The van der Waals surface area contributed by atoms with Crippen molar-refractivity contribution in [2.45, 2.75) is 32.6 Å². The smallest absolute Gasteiger partial charge is 0.338 e. The van der Waals surface area contributed by atoms with Crippen LogP contribution in [-0.4, -0.2) is 18.5 Å². The Balaban J connectivity index is 1.93. The summed E-state index contributed by atoms with van der Waals surface area (Å²) >= 11 is 0. The number of hydrogen-bond acceptors (Lipinski definition) is 3. The number of rotatable bonds is 6. The minimum absolute atomic E-state index is 0.0384. The van der Waals surface area contributed by atoms with Crippen LogP contribution in [0.2, 0.25) is 0 Å². The third kappa shape index (κ3) is 4.09. The molecule has 1 aliphatic carbocycles. The molecule has 19 heavy (non-hydrogen) atoms. The molecule has 0 aromatic heterocycles. The van der Waals surface area contributed by atoms with Crippen molar-refractivity contribution < 1.29 is 14.3 Å². The van der Waals surface area contributed by atoms with Gasteiger partial charge in [0.25, 0.3) is 0 Å². The van der Waals surface area contributed by atoms with Crippen molar-refractivity contribution in [1.82, 2.24) is 0 Å². The van der Waals surface area contributed by atoms with Gasteiger partial charge in [-0.25, -0.2) is 4.79 Å². The van der Waals surface area contributed by atoms with Crippen molar-refractivity contribution >= 4 is 17.6 Å². The van der Waals surface area contributed by atoms with Gasteiger partial charge in [0.2, 0.25) is 5.91 Å². The molecule has 2 rings (SSSR count). The SMILES string of the molecule is CCCCOC(=O)c1cccc(NC(=O)C2CC2)c1. The third-order valence-corrected chi connectivity index (χ3v) is 3.04. The highest BCUT2D eigenvalue weighted by molar-refractivity contribution is 5.96. The summed E-state index contributed by atoms with van der Waals surface area (Å²) < 4.78 is 5.14. The van der Waals surface area contributed by atoms with Crippen molar-refractivity contribution in [3.63, 3.8) is 0 Å². The largest absolute Gasteiger partial charge is 0.462 e. The number of esters is 1. The predicted molar refractivity (Wildman–Crippen MR) is 73.0 cm³/mol. The van der Waals surface area contributed by atoms with Gasteiger partial charge in [-0.1, -0.05) is 19.4 Å². The Bertz CT molecular complexity index is 466. The van der Waals surface area contributed by atoms with Crippen molar-refractivity contribution in [3.05, 3.63) is 29.8 Å². The lowest BCUT2D eigenvalue weighted by Crippen LogP contribution is -2.14. The molecule has 0 unspecified atom stereocenters. The zero-order valence-electron chi connectivity index (χ0n) is 11.1. The maximum Gasteiger partial charge on any atom is 0.338 e. The molecular weight excluding hydrogens is 242 g/mol. The first-order valence-electron chi connectivity index (χ1n) is 6.78. The standard InChI is InChI=1S/C15H19NO3/c1-2-3-9-19-15(18)12-5-4-6-13(10-12)16-14(17)11-7-8-11/h4-6,10-11H,2-3,7-9H2,1H3,(H,16,17). The minimum Gasteiger partial charge on any atom is -0.462 e. The van der Waals surface area contributed by atoms with Gasteiger partial charge < -0.3 is 10.1 Å². The van der Waals surface area contributed by atoms with Gasteiger partial charge in [0.1, 0.15) is 0 Å². The number of ether oxygens (including phenoxy) is 1. The van der Waals surface area contributed by atoms with E-state index in [1.165, 1.54) is 0 Å². The van der Waals surface area contributed by atoms with Gasteiger partial charge in [0, 0.05) is 11.6 Å². The molecule has 0 saturated heterocycles. The maximum absolute atomic E-state index is 11.8. The summed E-state index contributed by atoms with van der Waals surface area (Å²) in [5.41, 5.74) is 1.13. The van der Waals surface area contributed by atoms with Crippen molar-refractivity contribution in [2.75, 3.05) is 11.9 Å². The normalized spacial score (nSPS) is 13.9. The van der Waals surface area contributed by atoms with E-state index in [1.807, 2.05) is 6.92 Å². The third-order valence-electron chi connectivity index (χ3n) is 3.04. The summed E-state index contributed by atoms with van der Waals surface area (Å²) in [6.07, 6.45) is 3.78. The van der Waals surface area contributed by atoms with Gasteiger partial charge in [-0.05, 0) is 37.5 Å². The Kier molecular flexibility index (Phi) is 4.55. The number of benzene rings is 1. The number of hydrogen-bond donors (Lipinski definition) is 1. The molecule has 102 valence electrons. The highest BCUT2D eigenvalue weighted by Crippen LogP contribution is 2.30. The van der Waals surface area contributed by atoms with E-state index < -0.39 is 0 Å². The van der Waals surface area contributed by atoms with Crippen LogP contribution >= 0.6 is 0 Å². The van der Waals surface area contributed by atoms with Crippen LogP contribution in [0, 0.1) is 5.92 Å². The number of carbonyl (C=O) groups is 2. The summed E-state index contributed by atoms with van der Waals surface area (Å²) in [5, 5.41) is 2.82. The predicted octanol–water partition coefficient (Wildman–Crippen LogP) is 2.99. The first-order valence-corrected chi connectivity index (χ1v) is 6.78. The molecule has 4 heteroatoms. The highest BCUT2D eigenvalue weighted by Gasteiger charge is 2.29. The molecule has 0 spiro atoms. The summed E-state index contributed by atoms with van der Waals surface area (Å²) in [7, 11) is 0. The fourth-order valence-corrected chi connectivity index (χ4v) is 1.71. The van der Waals surface area contributed by atoms with Gasteiger partial charge in [0.15, 0.2) is 0 Å². The van der Waals surface area contributed by atoms with E-state index in [0.717, 1.165) is 25.7 Å². The maximum atomic E-state index is 11.8. The highest BCUT2D eigenvalue weighted by atomic mass is 16.5. The van der Waals surface area contributed by atoms with E-state index in [0.29, 0.717) is 17.9 Å². The molecule has 1 amide bonds. The van der Waals surface area contributed by atoms with Crippen LogP contribution in [0.5, 0.6) is 0 Å². The number of carbonyl (C=O) groups excluding carboxylic acids is 2. The van der Waals surface area contributed by atoms with E-state index in [1.54, 1.807) is 24.3 Å². The molecule has 1 fully saturated rings. The Morgan fingerprint density at radius 2 is 2.16 bits per heavy atom. The lowest BCUT2D eigenvalue weighted by atomic mass is 10.2. The molecule has 0 heterocycles. The summed E-state index contributed by atoms with van der Waals surface area (Å²) in [5.74, 6) is -0.146. The zero-order chi connectivity index (χ0) is 13.7. The first kappa shape index (κ1) is 13.6. The molecule has 4 nitrogen and oxygen atoms in total. The van der Waals surface area contributed by atoms with Crippen LogP contribution in [0.3, 0.4) is 0 Å². The van der Waals surface area contributed by atoms with E-state index in [2.05, 4.69) is 5.32 Å². The van der Waals surface area contributed by atoms with Gasteiger partial charge in [-0.15, -0.1) is 0 Å². The molecule has 0 atom stereocenters. The molecule has 0 radical (unpaired) electrons. The lowest BCUT2D eigenvalue weighted by molar-refractivity contribution is -0.117. The van der Waals surface area contributed by atoms with Crippen molar-refractivity contribution in [3.8, 4) is 0 Å². The average molecular weight is 261 g/mol. The number of amides is 1. The Hall–Kier alpha value is -1.84. The average Bonchev–Trinajstić information content (AvgIpc) is 3.23. The second-order valence-electron chi connectivity index (χ2n) is 4.83. The number of anilines is 1. The molecule has 1 aromatic carbocycles. The summed E-state index contributed by atoms with van der Waals surface area (Å²) in [6.45, 7) is 2.48. The Labute approximate surface area is 113 Å². The van der Waals surface area contributed by atoms with Gasteiger partial charge >= 0.3 is 5.97 Å². The molecule has 1 aromatic rings. The van der Waals surface area contributed by atoms with Crippen molar-refractivity contribution in [2.24, 2.45) is 5.92 Å². The summed E-state index contributed by atoms with van der Waals surface area (Å²) in [6, 6.07) is 6.89. The quantitative estimate of drug-likeness (QED) is 0.632. The second kappa shape index (κ2) is 6.36. The molecular formula is C15H19NO3. The van der Waals surface area contributed by atoms with Crippen LogP contribution in [0.25, 0.3) is 0 Å². The van der Waals surface area contributed by atoms with Crippen LogP contribution in [0.1, 0.15) is 43.0 Å². The minimum atomic E-state index is -0.337. The fourth-order valence-electron chi connectivity index (χ4n) is 1.71.